The van der Waals surface area contributed by atoms with Crippen molar-refractivity contribution in [3.05, 3.63) is 101 Å². The van der Waals surface area contributed by atoms with E-state index in [4.69, 9.17) is 0 Å². The summed E-state index contributed by atoms with van der Waals surface area (Å²) < 4.78 is 13.4. The third kappa shape index (κ3) is 3.55. The molecule has 0 aromatic heterocycles. The summed E-state index contributed by atoms with van der Waals surface area (Å²) in [5.41, 5.74) is 4.03. The number of hydrogen-bond donors (Lipinski definition) is 1. The first kappa shape index (κ1) is 18.6. The second kappa shape index (κ2) is 7.36. The van der Waals surface area contributed by atoms with E-state index >= 15 is 0 Å². The van der Waals surface area contributed by atoms with Gasteiger partial charge in [0.25, 0.3) is 11.8 Å². The van der Waals surface area contributed by atoms with E-state index in [1.165, 1.54) is 24.3 Å². The maximum atomic E-state index is 13.4. The lowest BCUT2D eigenvalue weighted by molar-refractivity contribution is -0.120. The van der Waals surface area contributed by atoms with Crippen molar-refractivity contribution in [2.45, 2.75) is 13.8 Å². The number of hydrogen-bond acceptors (Lipinski definition) is 3. The number of aryl methyl sites for hydroxylation is 2. The second-order valence-corrected chi connectivity index (χ2v) is 7.04. The zero-order chi connectivity index (χ0) is 20.5. The molecule has 0 bridgehead atoms. The molecule has 0 atom stereocenters. The molecule has 5 heteroatoms. The molecule has 1 N–H and O–H groups in total. The number of carbonyl (C=O) groups is 2. The van der Waals surface area contributed by atoms with E-state index in [2.05, 4.69) is 5.32 Å². The minimum Gasteiger partial charge on any atom is -0.350 e. The molecule has 3 aromatic carbocycles. The van der Waals surface area contributed by atoms with Gasteiger partial charge >= 0.3 is 0 Å². The summed E-state index contributed by atoms with van der Waals surface area (Å²) in [6, 6.07) is 20.3. The van der Waals surface area contributed by atoms with Gasteiger partial charge in [0.1, 0.15) is 11.5 Å². The number of halogens is 1. The molecule has 1 heterocycles. The molecule has 144 valence electrons. The van der Waals surface area contributed by atoms with E-state index in [9.17, 15) is 14.0 Å². The van der Waals surface area contributed by atoms with Crippen molar-refractivity contribution in [3.63, 3.8) is 0 Å². The number of nitrogens with one attached hydrogen (secondary N) is 1. The molecule has 0 unspecified atom stereocenters. The van der Waals surface area contributed by atoms with Gasteiger partial charge in [-0.15, -0.1) is 0 Å². The van der Waals surface area contributed by atoms with Crippen molar-refractivity contribution in [1.29, 1.82) is 0 Å². The van der Waals surface area contributed by atoms with Crippen LogP contribution in [-0.2, 0) is 9.59 Å². The quantitative estimate of drug-likeness (QED) is 0.653. The largest absolute Gasteiger partial charge is 0.350 e. The summed E-state index contributed by atoms with van der Waals surface area (Å²) in [6.45, 7) is 3.84. The third-order valence-electron chi connectivity index (χ3n) is 4.76. The first-order valence-electron chi connectivity index (χ1n) is 9.23. The number of carbonyl (C=O) groups excluding carboxylic acids is 2. The fraction of sp³-hybridized carbons (Fsp3) is 0.0833. The molecule has 0 saturated carbocycles. The molecule has 0 radical (unpaired) electrons. The van der Waals surface area contributed by atoms with Crippen LogP contribution in [0.25, 0.3) is 5.57 Å². The van der Waals surface area contributed by atoms with Crippen LogP contribution in [-0.4, -0.2) is 11.8 Å². The Bertz CT molecular complexity index is 1150. The Morgan fingerprint density at radius 2 is 1.45 bits per heavy atom. The SMILES string of the molecule is Cc1cccc(NC2=C(c3ccc(F)cc3)C(=O)N(c3cccc(C)c3)C2=O)c1. The second-order valence-electron chi connectivity index (χ2n) is 7.04. The maximum Gasteiger partial charge on any atom is 0.282 e. The van der Waals surface area contributed by atoms with Gasteiger partial charge in [-0.3, -0.25) is 9.59 Å². The number of imide groups is 1. The van der Waals surface area contributed by atoms with E-state index in [1.54, 1.807) is 18.2 Å². The summed E-state index contributed by atoms with van der Waals surface area (Å²) >= 11 is 0. The van der Waals surface area contributed by atoms with Crippen LogP contribution in [0.2, 0.25) is 0 Å². The predicted octanol–water partition coefficient (Wildman–Crippen LogP) is 4.84. The average Bonchev–Trinajstić information content (AvgIpc) is 2.92. The van der Waals surface area contributed by atoms with Crippen molar-refractivity contribution >= 4 is 28.8 Å². The zero-order valence-electron chi connectivity index (χ0n) is 16.1. The highest BCUT2D eigenvalue weighted by atomic mass is 19.1. The van der Waals surface area contributed by atoms with Gasteiger partial charge in [-0.2, -0.15) is 0 Å². The van der Waals surface area contributed by atoms with Gasteiger partial charge in [0, 0.05) is 5.69 Å². The number of rotatable bonds is 4. The highest BCUT2D eigenvalue weighted by molar-refractivity contribution is 6.46. The molecule has 3 aromatic rings. The van der Waals surface area contributed by atoms with E-state index in [0.29, 0.717) is 16.9 Å². The van der Waals surface area contributed by atoms with Crippen LogP contribution in [0, 0.1) is 19.7 Å². The van der Waals surface area contributed by atoms with Gasteiger partial charge in [0.05, 0.1) is 11.3 Å². The highest BCUT2D eigenvalue weighted by Crippen LogP contribution is 2.34. The Balaban J connectivity index is 1.83. The maximum absolute atomic E-state index is 13.4. The molecular formula is C24H19FN2O2. The van der Waals surface area contributed by atoms with Crippen LogP contribution in [0.4, 0.5) is 15.8 Å². The Morgan fingerprint density at radius 1 is 0.793 bits per heavy atom. The first-order valence-corrected chi connectivity index (χ1v) is 9.23. The Kier molecular flexibility index (Phi) is 4.72. The lowest BCUT2D eigenvalue weighted by atomic mass is 10.0. The summed E-state index contributed by atoms with van der Waals surface area (Å²) in [5, 5.41) is 3.11. The Morgan fingerprint density at radius 3 is 2.10 bits per heavy atom. The van der Waals surface area contributed by atoms with Crippen molar-refractivity contribution in [2.75, 3.05) is 10.2 Å². The minimum atomic E-state index is -0.443. The summed E-state index contributed by atoms with van der Waals surface area (Å²) in [6.07, 6.45) is 0. The van der Waals surface area contributed by atoms with Crippen molar-refractivity contribution < 1.29 is 14.0 Å². The molecule has 0 aliphatic carbocycles. The standard InChI is InChI=1S/C24H19FN2O2/c1-15-5-3-7-19(13-15)26-22-21(17-9-11-18(25)12-10-17)23(28)27(24(22)29)20-8-4-6-16(2)14-20/h3-14,26H,1-2H3. The number of amides is 2. The van der Waals surface area contributed by atoms with Crippen molar-refractivity contribution in [2.24, 2.45) is 0 Å². The molecule has 2 amide bonds. The molecule has 1 aliphatic rings. The van der Waals surface area contributed by atoms with Gasteiger partial charge < -0.3 is 5.32 Å². The van der Waals surface area contributed by atoms with Gasteiger partial charge in [-0.05, 0) is 66.9 Å². The van der Waals surface area contributed by atoms with E-state index in [0.717, 1.165) is 16.0 Å². The summed E-state index contributed by atoms with van der Waals surface area (Å²) in [4.78, 5) is 27.7. The highest BCUT2D eigenvalue weighted by Gasteiger charge is 2.40. The van der Waals surface area contributed by atoms with Crippen molar-refractivity contribution in [1.82, 2.24) is 0 Å². The molecule has 1 aliphatic heterocycles. The smallest absolute Gasteiger partial charge is 0.282 e. The monoisotopic (exact) mass is 386 g/mol. The Labute approximate surface area is 168 Å². The summed E-state index contributed by atoms with van der Waals surface area (Å²) in [7, 11) is 0. The topological polar surface area (TPSA) is 49.4 Å². The molecular weight excluding hydrogens is 367 g/mol. The normalized spacial score (nSPS) is 14.0. The van der Waals surface area contributed by atoms with Crippen LogP contribution in [0.5, 0.6) is 0 Å². The van der Waals surface area contributed by atoms with Crippen molar-refractivity contribution in [3.8, 4) is 0 Å². The Hall–Kier alpha value is -3.73. The molecule has 0 spiro atoms. The van der Waals surface area contributed by atoms with Crippen LogP contribution < -0.4 is 10.2 Å². The van der Waals surface area contributed by atoms with Gasteiger partial charge in [0.2, 0.25) is 0 Å². The number of benzene rings is 3. The van der Waals surface area contributed by atoms with E-state index < -0.39 is 17.6 Å². The van der Waals surface area contributed by atoms with E-state index in [-0.39, 0.29) is 11.3 Å². The van der Waals surface area contributed by atoms with Gasteiger partial charge in [0.15, 0.2) is 0 Å². The number of anilines is 2. The number of nitrogens with zero attached hydrogens (tertiary/aromatic N) is 1. The van der Waals surface area contributed by atoms with Crippen LogP contribution in [0.1, 0.15) is 16.7 Å². The van der Waals surface area contributed by atoms with Crippen LogP contribution >= 0.6 is 0 Å². The van der Waals surface area contributed by atoms with Crippen LogP contribution in [0.3, 0.4) is 0 Å². The van der Waals surface area contributed by atoms with Gasteiger partial charge in [-0.1, -0.05) is 36.4 Å². The molecule has 0 fully saturated rings. The lowest BCUT2D eigenvalue weighted by Crippen LogP contribution is -2.32. The molecule has 4 rings (SSSR count). The molecule has 4 nitrogen and oxygen atoms in total. The minimum absolute atomic E-state index is 0.175. The molecule has 0 saturated heterocycles. The van der Waals surface area contributed by atoms with E-state index in [1.807, 2.05) is 44.2 Å². The predicted molar refractivity (Wildman–Crippen MR) is 112 cm³/mol. The zero-order valence-corrected chi connectivity index (χ0v) is 16.1. The van der Waals surface area contributed by atoms with Crippen LogP contribution in [0.15, 0.2) is 78.5 Å². The lowest BCUT2D eigenvalue weighted by Gasteiger charge is -2.16. The molecule has 29 heavy (non-hydrogen) atoms. The van der Waals surface area contributed by atoms with Gasteiger partial charge in [-0.25, -0.2) is 9.29 Å². The fourth-order valence-electron chi connectivity index (χ4n) is 3.40. The fourth-order valence-corrected chi connectivity index (χ4v) is 3.40. The third-order valence-corrected chi connectivity index (χ3v) is 4.76. The average molecular weight is 386 g/mol. The summed E-state index contributed by atoms with van der Waals surface area (Å²) in [5.74, 6) is -1.29. The first-order chi connectivity index (χ1) is 13.9.